The van der Waals surface area contributed by atoms with Crippen molar-refractivity contribution in [2.45, 2.75) is 19.4 Å². The lowest BCUT2D eigenvalue weighted by Gasteiger charge is -2.09. The molecule has 1 unspecified atom stereocenters. The predicted molar refractivity (Wildman–Crippen MR) is 60.0 cm³/mol. The Balaban J connectivity index is 2.63. The first-order valence-electron chi connectivity index (χ1n) is 5.00. The summed E-state index contributed by atoms with van der Waals surface area (Å²) in [4.78, 5) is 11.8. The minimum absolute atomic E-state index is 0.0212. The van der Waals surface area contributed by atoms with Crippen molar-refractivity contribution in [3.8, 4) is 0 Å². The van der Waals surface area contributed by atoms with E-state index in [0.717, 1.165) is 5.56 Å². The van der Waals surface area contributed by atoms with E-state index in [1.165, 1.54) is 0 Å². The molecule has 1 aromatic carbocycles. The summed E-state index contributed by atoms with van der Waals surface area (Å²) in [5, 5.41) is 0. The number of ether oxygens (including phenoxy) is 1. The molecule has 0 bridgehead atoms. The van der Waals surface area contributed by atoms with Gasteiger partial charge in [-0.2, -0.15) is 0 Å². The van der Waals surface area contributed by atoms with Gasteiger partial charge in [0.15, 0.2) is 5.78 Å². The van der Waals surface area contributed by atoms with E-state index in [0.29, 0.717) is 18.6 Å². The van der Waals surface area contributed by atoms with Gasteiger partial charge in [-0.25, -0.2) is 0 Å². The molecule has 15 heavy (non-hydrogen) atoms. The topological polar surface area (TPSA) is 52.3 Å². The summed E-state index contributed by atoms with van der Waals surface area (Å²) in [6.45, 7) is 2.50. The third kappa shape index (κ3) is 3.46. The molecular formula is C12H17NO2. The third-order valence-corrected chi connectivity index (χ3v) is 2.31. The number of rotatable bonds is 5. The Labute approximate surface area is 90.2 Å². The molecule has 82 valence electrons. The molecule has 2 N–H and O–H groups in total. The Hall–Kier alpha value is -1.19. The maximum absolute atomic E-state index is 11.8. The molecule has 0 spiro atoms. The lowest BCUT2D eigenvalue weighted by Crippen LogP contribution is -2.31. The van der Waals surface area contributed by atoms with Gasteiger partial charge in [0.25, 0.3) is 0 Å². The number of carbonyl (C=O) groups is 1. The van der Waals surface area contributed by atoms with E-state index in [9.17, 15) is 4.79 Å². The molecule has 0 radical (unpaired) electrons. The highest BCUT2D eigenvalue weighted by Gasteiger charge is 2.14. The lowest BCUT2D eigenvalue weighted by molar-refractivity contribution is 0.0935. The molecule has 1 aromatic rings. The van der Waals surface area contributed by atoms with Crippen LogP contribution in [-0.4, -0.2) is 25.5 Å². The first kappa shape index (κ1) is 11.9. The van der Waals surface area contributed by atoms with Gasteiger partial charge < -0.3 is 10.5 Å². The number of aryl methyl sites for hydroxylation is 1. The van der Waals surface area contributed by atoms with Gasteiger partial charge in [0.05, 0.1) is 6.04 Å². The van der Waals surface area contributed by atoms with Gasteiger partial charge in [0, 0.05) is 19.3 Å². The first-order chi connectivity index (χ1) is 7.15. The van der Waals surface area contributed by atoms with Crippen molar-refractivity contribution >= 4 is 5.78 Å². The summed E-state index contributed by atoms with van der Waals surface area (Å²) in [5.41, 5.74) is 7.55. The summed E-state index contributed by atoms with van der Waals surface area (Å²) < 4.78 is 4.89. The van der Waals surface area contributed by atoms with Crippen LogP contribution in [0.2, 0.25) is 0 Å². The highest BCUT2D eigenvalue weighted by molar-refractivity contribution is 5.99. The van der Waals surface area contributed by atoms with Crippen LogP contribution in [0.1, 0.15) is 22.3 Å². The number of methoxy groups -OCH3 is 1. The molecule has 0 aliphatic rings. The molecule has 1 atom stereocenters. The Kier molecular flexibility index (Phi) is 4.46. The van der Waals surface area contributed by atoms with E-state index < -0.39 is 6.04 Å². The fourth-order valence-electron chi connectivity index (χ4n) is 1.31. The molecular weight excluding hydrogens is 190 g/mol. The first-order valence-corrected chi connectivity index (χ1v) is 5.00. The van der Waals surface area contributed by atoms with Crippen LogP contribution in [0.25, 0.3) is 0 Å². The van der Waals surface area contributed by atoms with Crippen molar-refractivity contribution in [2.75, 3.05) is 13.7 Å². The Bertz CT molecular complexity index is 319. The van der Waals surface area contributed by atoms with Crippen molar-refractivity contribution in [3.05, 3.63) is 35.4 Å². The van der Waals surface area contributed by atoms with E-state index in [1.54, 1.807) is 7.11 Å². The number of ketones is 1. The van der Waals surface area contributed by atoms with Gasteiger partial charge in [0.2, 0.25) is 0 Å². The fourth-order valence-corrected chi connectivity index (χ4v) is 1.31. The molecule has 3 heteroatoms. The standard InChI is InChI=1S/C12H17NO2/c1-9-3-5-10(6-4-9)12(14)11(13)7-8-15-2/h3-6,11H,7-8,13H2,1-2H3. The smallest absolute Gasteiger partial charge is 0.179 e. The van der Waals surface area contributed by atoms with Crippen LogP contribution in [0.4, 0.5) is 0 Å². The largest absolute Gasteiger partial charge is 0.385 e. The van der Waals surface area contributed by atoms with Crippen LogP contribution in [0.3, 0.4) is 0 Å². The van der Waals surface area contributed by atoms with Gasteiger partial charge in [-0.1, -0.05) is 29.8 Å². The minimum atomic E-state index is -0.465. The number of nitrogens with two attached hydrogens (primary N) is 1. The van der Waals surface area contributed by atoms with Crippen molar-refractivity contribution in [2.24, 2.45) is 5.73 Å². The molecule has 0 saturated heterocycles. The molecule has 0 fully saturated rings. The second kappa shape index (κ2) is 5.63. The molecule has 0 heterocycles. The summed E-state index contributed by atoms with van der Waals surface area (Å²) >= 11 is 0. The zero-order valence-electron chi connectivity index (χ0n) is 9.19. The van der Waals surface area contributed by atoms with Gasteiger partial charge in [0.1, 0.15) is 0 Å². The van der Waals surface area contributed by atoms with Crippen LogP contribution in [0.15, 0.2) is 24.3 Å². The molecule has 3 nitrogen and oxygen atoms in total. The van der Waals surface area contributed by atoms with E-state index >= 15 is 0 Å². The average molecular weight is 207 g/mol. The van der Waals surface area contributed by atoms with Gasteiger partial charge >= 0.3 is 0 Å². The summed E-state index contributed by atoms with van der Waals surface area (Å²) in [6, 6.07) is 6.98. The van der Waals surface area contributed by atoms with Crippen molar-refractivity contribution < 1.29 is 9.53 Å². The number of carbonyl (C=O) groups excluding carboxylic acids is 1. The monoisotopic (exact) mass is 207 g/mol. The predicted octanol–water partition coefficient (Wildman–Crippen LogP) is 1.54. The Morgan fingerprint density at radius 2 is 2.00 bits per heavy atom. The van der Waals surface area contributed by atoms with Crippen LogP contribution in [0.5, 0.6) is 0 Å². The maximum Gasteiger partial charge on any atom is 0.179 e. The van der Waals surface area contributed by atoms with Gasteiger partial charge in [-0.05, 0) is 13.3 Å². The van der Waals surface area contributed by atoms with Crippen LogP contribution in [-0.2, 0) is 4.74 Å². The number of hydrogen-bond donors (Lipinski definition) is 1. The molecule has 0 aliphatic carbocycles. The van der Waals surface area contributed by atoms with E-state index in [2.05, 4.69) is 0 Å². The van der Waals surface area contributed by atoms with E-state index in [-0.39, 0.29) is 5.78 Å². The van der Waals surface area contributed by atoms with Crippen molar-refractivity contribution in [1.82, 2.24) is 0 Å². The van der Waals surface area contributed by atoms with Crippen molar-refractivity contribution in [1.29, 1.82) is 0 Å². The second-order valence-corrected chi connectivity index (χ2v) is 3.62. The summed E-state index contributed by atoms with van der Waals surface area (Å²) in [6.07, 6.45) is 0.559. The summed E-state index contributed by atoms with van der Waals surface area (Å²) in [5.74, 6) is -0.0212. The normalized spacial score (nSPS) is 12.5. The maximum atomic E-state index is 11.8. The zero-order chi connectivity index (χ0) is 11.3. The number of benzene rings is 1. The highest BCUT2D eigenvalue weighted by atomic mass is 16.5. The van der Waals surface area contributed by atoms with E-state index in [1.807, 2.05) is 31.2 Å². The molecule has 1 rings (SSSR count). The summed E-state index contributed by atoms with van der Waals surface area (Å²) in [7, 11) is 1.60. The SMILES string of the molecule is COCCC(N)C(=O)c1ccc(C)cc1. The third-order valence-electron chi connectivity index (χ3n) is 2.31. The molecule has 0 saturated carbocycles. The van der Waals surface area contributed by atoms with Gasteiger partial charge in [-0.15, -0.1) is 0 Å². The Morgan fingerprint density at radius 3 is 2.53 bits per heavy atom. The van der Waals surface area contributed by atoms with Crippen LogP contribution >= 0.6 is 0 Å². The zero-order valence-corrected chi connectivity index (χ0v) is 9.19. The van der Waals surface area contributed by atoms with E-state index in [4.69, 9.17) is 10.5 Å². The quantitative estimate of drug-likeness (QED) is 0.745. The van der Waals surface area contributed by atoms with Crippen LogP contribution < -0.4 is 5.73 Å². The fraction of sp³-hybridized carbons (Fsp3) is 0.417. The number of hydrogen-bond acceptors (Lipinski definition) is 3. The number of Topliss-reactive ketones (excluding diaryl/α,β-unsaturated/α-hetero) is 1. The molecule has 0 aliphatic heterocycles. The lowest BCUT2D eigenvalue weighted by atomic mass is 10.0. The molecule has 0 aromatic heterocycles. The minimum Gasteiger partial charge on any atom is -0.385 e. The highest BCUT2D eigenvalue weighted by Crippen LogP contribution is 2.07. The van der Waals surface area contributed by atoms with Gasteiger partial charge in [-0.3, -0.25) is 4.79 Å². The average Bonchev–Trinajstić information content (AvgIpc) is 2.26. The molecule has 0 amide bonds. The van der Waals surface area contributed by atoms with Crippen LogP contribution in [0, 0.1) is 6.92 Å². The van der Waals surface area contributed by atoms with Crippen molar-refractivity contribution in [3.63, 3.8) is 0 Å². The second-order valence-electron chi connectivity index (χ2n) is 3.62. The Morgan fingerprint density at radius 1 is 1.40 bits per heavy atom.